The second-order valence-corrected chi connectivity index (χ2v) is 8.39. The lowest BCUT2D eigenvalue weighted by atomic mass is 9.46. The molecule has 5 saturated carbocycles. The van der Waals surface area contributed by atoms with Crippen LogP contribution < -0.4 is 5.73 Å². The number of rotatable bonds is 2. The molecule has 0 aromatic carbocycles. The second kappa shape index (κ2) is 4.29. The van der Waals surface area contributed by atoms with Gasteiger partial charge >= 0.3 is 0 Å². The quantitative estimate of drug-likeness (QED) is 0.799. The summed E-state index contributed by atoms with van der Waals surface area (Å²) in [5.41, 5.74) is 4.94. The lowest BCUT2D eigenvalue weighted by molar-refractivity contribution is -0.177. The van der Waals surface area contributed by atoms with Crippen LogP contribution in [0.3, 0.4) is 0 Å². The summed E-state index contributed by atoms with van der Waals surface area (Å²) in [6.07, 6.45) is 1.28. The minimum atomic E-state index is -2.66. The molecular formula is C18H25N3O2. The molecule has 5 nitrogen and oxygen atoms in total. The van der Waals surface area contributed by atoms with Crippen LogP contribution in [-0.2, 0) is 4.79 Å². The minimum absolute atomic E-state index is 0.240. The van der Waals surface area contributed by atoms with Crippen LogP contribution in [0, 0.1) is 34.5 Å². The molecule has 124 valence electrons. The summed E-state index contributed by atoms with van der Waals surface area (Å²) in [4.78, 5) is 14.1. The van der Waals surface area contributed by atoms with Gasteiger partial charge in [0.1, 0.15) is 6.02 Å². The molecule has 0 aromatic rings. The molecule has 0 radical (unpaired) electrons. The van der Waals surface area contributed by atoms with Gasteiger partial charge < -0.3 is 15.7 Å². The number of piperidine rings is 1. The molecule has 6 fully saturated rings. The van der Waals surface area contributed by atoms with Crippen molar-refractivity contribution in [3.63, 3.8) is 0 Å². The molecule has 1 aliphatic heterocycles. The number of nitrogens with two attached hydrogens (primary N) is 1. The zero-order valence-electron chi connectivity index (χ0n) is 18.0. The van der Waals surface area contributed by atoms with Crippen LogP contribution in [0.2, 0.25) is 0 Å². The Labute approximate surface area is 143 Å². The molecule has 5 heteroatoms. The van der Waals surface area contributed by atoms with Gasteiger partial charge in [0, 0.05) is 10.1 Å². The van der Waals surface area contributed by atoms with Crippen LogP contribution in [-0.4, -0.2) is 39.6 Å². The second-order valence-electron chi connectivity index (χ2n) is 8.39. The first-order valence-electron chi connectivity index (χ1n) is 11.0. The van der Waals surface area contributed by atoms with Crippen LogP contribution in [0.5, 0.6) is 0 Å². The van der Waals surface area contributed by atoms with Gasteiger partial charge in [-0.25, -0.2) is 0 Å². The molecule has 23 heavy (non-hydrogen) atoms. The highest BCUT2D eigenvalue weighted by Crippen LogP contribution is 2.63. The van der Waals surface area contributed by atoms with Gasteiger partial charge in [-0.3, -0.25) is 4.79 Å². The molecule has 6 aliphatic rings. The first-order valence-corrected chi connectivity index (χ1v) is 8.51. The molecular weight excluding hydrogens is 290 g/mol. The van der Waals surface area contributed by atoms with E-state index in [-0.39, 0.29) is 18.3 Å². The summed E-state index contributed by atoms with van der Waals surface area (Å²) in [7, 11) is 0. The van der Waals surface area contributed by atoms with Gasteiger partial charge in [-0.1, -0.05) is 0 Å². The van der Waals surface area contributed by atoms with Gasteiger partial charge in [0.25, 0.3) is 0 Å². The Morgan fingerprint density at radius 2 is 2.09 bits per heavy atom. The fourth-order valence-corrected chi connectivity index (χ4v) is 6.16. The largest absolute Gasteiger partial charge is 0.390 e. The zero-order chi connectivity index (χ0) is 20.5. The number of nitrogens with zero attached hydrogens (tertiary/aromatic N) is 2. The van der Waals surface area contributed by atoms with Crippen LogP contribution in [0.4, 0.5) is 0 Å². The SMILES string of the molecule is [2H]C1([2H])[C@@]([2H])(C#N)N(C(=O)[C@@H](N)C23CC4CC(CC(O)(C4)C2)C3)[C@@]2([2H])C[C@@]12[2H]. The fraction of sp³-hybridized carbons (Fsp3) is 0.889. The molecule has 1 amide bonds. The average molecular weight is 320 g/mol. The summed E-state index contributed by atoms with van der Waals surface area (Å²) >= 11 is 0. The van der Waals surface area contributed by atoms with Crippen molar-refractivity contribution in [3.8, 4) is 6.07 Å². The molecule has 1 saturated heterocycles. The molecule has 0 aromatic heterocycles. The Kier molecular flexibility index (Phi) is 1.86. The Morgan fingerprint density at radius 1 is 1.39 bits per heavy atom. The zero-order valence-corrected chi connectivity index (χ0v) is 13.0. The normalized spacial score (nSPS) is 68.7. The number of carbonyl (C=O) groups excluding carboxylic acids is 1. The van der Waals surface area contributed by atoms with E-state index in [1.165, 1.54) is 0 Å². The third-order valence-electron chi connectivity index (χ3n) is 6.66. The van der Waals surface area contributed by atoms with E-state index in [2.05, 4.69) is 0 Å². The number of hydrogen-bond donors (Lipinski definition) is 2. The van der Waals surface area contributed by atoms with E-state index in [1.54, 1.807) is 6.07 Å². The van der Waals surface area contributed by atoms with Gasteiger partial charge in [-0.15, -0.1) is 0 Å². The number of carbonyl (C=O) groups is 1. The van der Waals surface area contributed by atoms with Gasteiger partial charge in [0.2, 0.25) is 5.91 Å². The third kappa shape index (κ3) is 1.88. The van der Waals surface area contributed by atoms with Gasteiger partial charge in [-0.05, 0) is 74.5 Å². The van der Waals surface area contributed by atoms with Crippen molar-refractivity contribution in [2.24, 2.45) is 28.9 Å². The van der Waals surface area contributed by atoms with Crippen molar-refractivity contribution in [2.45, 2.75) is 75.0 Å². The standard InChI is InChI=1S/C18H25N3O2/c19-8-13-2-12-3-14(12)21(13)16(22)15(20)17-4-10-1-11(5-17)7-18(23,6-10)9-17/h10-15,23H,1-7,9,20H2/t10?,11?,12-,13+,14+,15-,17?,18?/m1/s1/i2D2,12D,13D,14D. The molecule has 0 spiro atoms. The monoisotopic (exact) mass is 320 g/mol. The average Bonchev–Trinajstić information content (AvgIpc) is 3.12. The molecule has 4 bridgehead atoms. The van der Waals surface area contributed by atoms with E-state index in [9.17, 15) is 15.2 Å². The smallest absolute Gasteiger partial charge is 0.241 e. The molecule has 5 aliphatic carbocycles. The van der Waals surface area contributed by atoms with Crippen molar-refractivity contribution < 1.29 is 16.8 Å². The van der Waals surface area contributed by atoms with E-state index in [0.29, 0.717) is 37.0 Å². The van der Waals surface area contributed by atoms with Crippen molar-refractivity contribution >= 4 is 5.91 Å². The topological polar surface area (TPSA) is 90.4 Å². The van der Waals surface area contributed by atoms with Crippen LogP contribution in [0.15, 0.2) is 0 Å². The van der Waals surface area contributed by atoms with Crippen molar-refractivity contribution in [1.82, 2.24) is 4.90 Å². The summed E-state index contributed by atoms with van der Waals surface area (Å²) in [6.45, 7) is 0. The van der Waals surface area contributed by atoms with Gasteiger partial charge in [0.15, 0.2) is 0 Å². The van der Waals surface area contributed by atoms with E-state index >= 15 is 0 Å². The highest BCUT2D eigenvalue weighted by Gasteiger charge is 2.62. The third-order valence-corrected chi connectivity index (χ3v) is 6.66. The lowest BCUT2D eigenvalue weighted by Crippen LogP contribution is -2.64. The van der Waals surface area contributed by atoms with Gasteiger partial charge in [0.05, 0.1) is 20.5 Å². The Morgan fingerprint density at radius 3 is 2.70 bits per heavy atom. The van der Waals surface area contributed by atoms with Gasteiger partial charge in [-0.2, -0.15) is 5.26 Å². The summed E-state index contributed by atoms with van der Waals surface area (Å²) in [5.74, 6) is -2.24. The number of amides is 1. The van der Waals surface area contributed by atoms with Crippen molar-refractivity contribution in [1.29, 1.82) is 5.26 Å². The maximum atomic E-state index is 13.5. The van der Waals surface area contributed by atoms with E-state index < -0.39 is 47.3 Å². The van der Waals surface area contributed by atoms with E-state index in [1.807, 2.05) is 0 Å². The predicted octanol–water partition coefficient (Wildman–Crippen LogP) is 1.16. The number of hydrogen-bond acceptors (Lipinski definition) is 4. The Hall–Kier alpha value is -1.12. The van der Waals surface area contributed by atoms with Crippen LogP contribution in [0.1, 0.15) is 58.2 Å². The van der Waals surface area contributed by atoms with E-state index in [0.717, 1.165) is 6.42 Å². The molecule has 3 N–H and O–H groups in total. The first-order chi connectivity index (χ1) is 12.8. The van der Waals surface area contributed by atoms with Crippen LogP contribution in [0.25, 0.3) is 0 Å². The summed E-state index contributed by atoms with van der Waals surface area (Å²) in [5, 5.41) is 20.5. The highest BCUT2D eigenvalue weighted by molar-refractivity contribution is 5.84. The highest BCUT2D eigenvalue weighted by atomic mass is 16.3. The maximum Gasteiger partial charge on any atom is 0.241 e. The maximum absolute atomic E-state index is 13.5. The molecule has 6 rings (SSSR count). The summed E-state index contributed by atoms with van der Waals surface area (Å²) in [6, 6.07) is -4.18. The predicted molar refractivity (Wildman–Crippen MR) is 82.8 cm³/mol. The molecule has 1 heterocycles. The van der Waals surface area contributed by atoms with E-state index in [4.69, 9.17) is 12.6 Å². The van der Waals surface area contributed by atoms with Crippen LogP contribution >= 0.6 is 0 Å². The Balaban J connectivity index is 1.53. The minimum Gasteiger partial charge on any atom is -0.390 e. The van der Waals surface area contributed by atoms with Crippen molar-refractivity contribution in [3.05, 3.63) is 0 Å². The lowest BCUT2D eigenvalue weighted by Gasteiger charge is -2.61. The van der Waals surface area contributed by atoms with Crippen molar-refractivity contribution in [2.75, 3.05) is 0 Å². The Bertz CT molecular complexity index is 819. The first kappa shape index (κ1) is 10.0. The number of nitriles is 1. The fourth-order valence-electron chi connectivity index (χ4n) is 6.16. The molecule has 6 atom stereocenters. The number of aliphatic hydroxyl groups is 1. The molecule has 2 unspecified atom stereocenters. The number of likely N-dealkylation sites (tertiary alicyclic amines) is 1. The summed E-state index contributed by atoms with van der Waals surface area (Å²) < 4.78 is 41.7. The number of fused-ring (bicyclic) bond motifs is 1.